The number of amides is 1. The second-order valence-electron chi connectivity index (χ2n) is 5.72. The number of aryl methyl sites for hydroxylation is 1. The molecule has 2 aromatic heterocycles. The Morgan fingerprint density at radius 3 is 2.91 bits per heavy atom. The Hall–Kier alpha value is -2.56. The fourth-order valence-corrected chi connectivity index (χ4v) is 2.64. The van der Waals surface area contributed by atoms with Gasteiger partial charge in [0.05, 0.1) is 0 Å². The molecule has 3 rings (SSSR count). The Morgan fingerprint density at radius 1 is 1.35 bits per heavy atom. The van der Waals surface area contributed by atoms with Crippen LogP contribution >= 0.6 is 0 Å². The van der Waals surface area contributed by atoms with Gasteiger partial charge in [-0.05, 0) is 55.7 Å². The molecule has 1 saturated heterocycles. The smallest absolute Gasteiger partial charge is 0.244 e. The zero-order valence-electron chi connectivity index (χ0n) is 13.3. The normalized spacial score (nSPS) is 14.6. The molecule has 3 heterocycles. The molecule has 0 atom stereocenters. The molecule has 23 heavy (non-hydrogen) atoms. The van der Waals surface area contributed by atoms with E-state index in [-0.39, 0.29) is 5.91 Å². The van der Waals surface area contributed by atoms with Gasteiger partial charge in [0, 0.05) is 31.9 Å². The van der Waals surface area contributed by atoms with Crippen LogP contribution in [-0.2, 0) is 11.3 Å². The molecule has 0 aliphatic carbocycles. The molecule has 120 valence electrons. The molecule has 1 aliphatic heterocycles. The van der Waals surface area contributed by atoms with Crippen LogP contribution in [0, 0.1) is 6.92 Å². The summed E-state index contributed by atoms with van der Waals surface area (Å²) in [4.78, 5) is 18.6. The number of aromatic nitrogens is 1. The molecular formula is C18H21N3O2. The summed E-state index contributed by atoms with van der Waals surface area (Å²) in [5, 5.41) is 2.88. The van der Waals surface area contributed by atoms with Crippen LogP contribution in [0.4, 0.5) is 5.82 Å². The minimum atomic E-state index is -0.140. The summed E-state index contributed by atoms with van der Waals surface area (Å²) in [6.07, 6.45) is 7.40. The number of anilines is 1. The van der Waals surface area contributed by atoms with Crippen molar-refractivity contribution in [3.05, 3.63) is 53.6 Å². The maximum atomic E-state index is 11.9. The molecule has 1 aliphatic rings. The van der Waals surface area contributed by atoms with Gasteiger partial charge in [-0.2, -0.15) is 0 Å². The van der Waals surface area contributed by atoms with Gasteiger partial charge in [0.25, 0.3) is 0 Å². The first-order valence-electron chi connectivity index (χ1n) is 7.93. The van der Waals surface area contributed by atoms with Crippen LogP contribution in [-0.4, -0.2) is 24.0 Å². The van der Waals surface area contributed by atoms with E-state index in [2.05, 4.69) is 15.2 Å². The van der Waals surface area contributed by atoms with Crippen molar-refractivity contribution in [1.29, 1.82) is 0 Å². The molecule has 1 fully saturated rings. The highest BCUT2D eigenvalue weighted by molar-refractivity contribution is 5.91. The van der Waals surface area contributed by atoms with Gasteiger partial charge >= 0.3 is 0 Å². The Balaban J connectivity index is 1.54. The summed E-state index contributed by atoms with van der Waals surface area (Å²) in [5.41, 5.74) is 1.05. The van der Waals surface area contributed by atoms with E-state index in [1.54, 1.807) is 12.3 Å². The van der Waals surface area contributed by atoms with Crippen LogP contribution in [0.2, 0.25) is 0 Å². The van der Waals surface area contributed by atoms with Crippen molar-refractivity contribution in [1.82, 2.24) is 10.3 Å². The van der Waals surface area contributed by atoms with Crippen LogP contribution in [0.1, 0.15) is 29.9 Å². The van der Waals surface area contributed by atoms with E-state index < -0.39 is 0 Å². The lowest BCUT2D eigenvalue weighted by molar-refractivity contribution is -0.116. The predicted molar refractivity (Wildman–Crippen MR) is 90.0 cm³/mol. The van der Waals surface area contributed by atoms with Gasteiger partial charge in [-0.3, -0.25) is 4.79 Å². The lowest BCUT2D eigenvalue weighted by Gasteiger charge is -2.16. The minimum Gasteiger partial charge on any atom is -0.462 e. The SMILES string of the molecule is Cc1ccc(/C=C\C(=O)NCc2ccnc(N3CCCC3)c2)o1. The summed E-state index contributed by atoms with van der Waals surface area (Å²) in [6.45, 7) is 4.49. The Kier molecular flexibility index (Phi) is 4.76. The predicted octanol–water partition coefficient (Wildman–Crippen LogP) is 2.91. The van der Waals surface area contributed by atoms with E-state index in [9.17, 15) is 4.79 Å². The van der Waals surface area contributed by atoms with Crippen molar-refractivity contribution in [2.45, 2.75) is 26.3 Å². The zero-order chi connectivity index (χ0) is 16.1. The first-order valence-corrected chi connectivity index (χ1v) is 7.93. The second-order valence-corrected chi connectivity index (χ2v) is 5.72. The summed E-state index contributed by atoms with van der Waals surface area (Å²) in [7, 11) is 0. The van der Waals surface area contributed by atoms with Gasteiger partial charge in [-0.15, -0.1) is 0 Å². The summed E-state index contributed by atoms with van der Waals surface area (Å²) < 4.78 is 5.39. The van der Waals surface area contributed by atoms with Crippen molar-refractivity contribution in [3.63, 3.8) is 0 Å². The fourth-order valence-electron chi connectivity index (χ4n) is 2.64. The second kappa shape index (κ2) is 7.13. The van der Waals surface area contributed by atoms with Crippen LogP contribution in [0.15, 0.2) is 41.0 Å². The Morgan fingerprint density at radius 2 is 2.17 bits per heavy atom. The lowest BCUT2D eigenvalue weighted by Crippen LogP contribution is -2.22. The first-order chi connectivity index (χ1) is 11.2. The molecule has 0 spiro atoms. The largest absolute Gasteiger partial charge is 0.462 e. The molecular weight excluding hydrogens is 290 g/mol. The van der Waals surface area contributed by atoms with Crippen molar-refractivity contribution in [3.8, 4) is 0 Å². The monoisotopic (exact) mass is 311 g/mol. The summed E-state index contributed by atoms with van der Waals surface area (Å²) >= 11 is 0. The number of hydrogen-bond donors (Lipinski definition) is 1. The van der Waals surface area contributed by atoms with E-state index in [1.807, 2.05) is 31.2 Å². The van der Waals surface area contributed by atoms with Crippen molar-refractivity contribution in [2.75, 3.05) is 18.0 Å². The van der Waals surface area contributed by atoms with Gasteiger partial charge in [0.15, 0.2) is 0 Å². The third-order valence-corrected chi connectivity index (χ3v) is 3.87. The maximum Gasteiger partial charge on any atom is 0.244 e. The van der Waals surface area contributed by atoms with Gasteiger partial charge in [0.2, 0.25) is 5.91 Å². The number of carbonyl (C=O) groups excluding carboxylic acids is 1. The van der Waals surface area contributed by atoms with Gasteiger partial charge in [0.1, 0.15) is 17.3 Å². The van der Waals surface area contributed by atoms with Crippen LogP contribution < -0.4 is 10.2 Å². The quantitative estimate of drug-likeness (QED) is 0.863. The molecule has 0 bridgehead atoms. The van der Waals surface area contributed by atoms with E-state index in [4.69, 9.17) is 4.42 Å². The van der Waals surface area contributed by atoms with E-state index in [0.29, 0.717) is 12.3 Å². The molecule has 0 aromatic carbocycles. The summed E-state index contributed by atoms with van der Waals surface area (Å²) in [5.74, 6) is 2.36. The standard InChI is InChI=1S/C18H21N3O2/c1-14-4-5-16(23-14)6-7-18(22)20-13-15-8-9-19-17(12-15)21-10-2-3-11-21/h4-9,12H,2-3,10-11,13H2,1H3,(H,20,22)/b7-6-. The maximum absolute atomic E-state index is 11.9. The zero-order valence-corrected chi connectivity index (χ0v) is 13.3. The van der Waals surface area contributed by atoms with E-state index >= 15 is 0 Å². The third-order valence-electron chi connectivity index (χ3n) is 3.87. The number of carbonyl (C=O) groups is 1. The molecule has 0 radical (unpaired) electrons. The highest BCUT2D eigenvalue weighted by atomic mass is 16.3. The molecule has 5 nitrogen and oxygen atoms in total. The number of pyridine rings is 1. The number of nitrogens with one attached hydrogen (secondary N) is 1. The molecule has 1 N–H and O–H groups in total. The molecule has 0 unspecified atom stereocenters. The molecule has 0 saturated carbocycles. The topological polar surface area (TPSA) is 58.4 Å². The average molecular weight is 311 g/mol. The highest BCUT2D eigenvalue weighted by Crippen LogP contribution is 2.18. The van der Waals surface area contributed by atoms with Gasteiger partial charge in [-0.1, -0.05) is 0 Å². The van der Waals surface area contributed by atoms with Crippen molar-refractivity contribution < 1.29 is 9.21 Å². The number of rotatable bonds is 5. The van der Waals surface area contributed by atoms with E-state index in [0.717, 1.165) is 30.2 Å². The molecule has 2 aromatic rings. The highest BCUT2D eigenvalue weighted by Gasteiger charge is 2.13. The number of nitrogens with zero attached hydrogens (tertiary/aromatic N) is 2. The van der Waals surface area contributed by atoms with Crippen LogP contribution in [0.3, 0.4) is 0 Å². The molecule has 1 amide bonds. The van der Waals surface area contributed by atoms with E-state index in [1.165, 1.54) is 18.9 Å². The lowest BCUT2D eigenvalue weighted by atomic mass is 10.2. The third kappa shape index (κ3) is 4.22. The van der Waals surface area contributed by atoms with Crippen LogP contribution in [0.25, 0.3) is 6.08 Å². The number of furan rings is 1. The van der Waals surface area contributed by atoms with Gasteiger partial charge < -0.3 is 14.6 Å². The Labute approximate surface area is 136 Å². The Bertz CT molecular complexity index is 700. The average Bonchev–Trinajstić information content (AvgIpc) is 3.23. The van der Waals surface area contributed by atoms with Crippen molar-refractivity contribution in [2.24, 2.45) is 0 Å². The minimum absolute atomic E-state index is 0.140. The fraction of sp³-hybridized carbons (Fsp3) is 0.333. The van der Waals surface area contributed by atoms with Gasteiger partial charge in [-0.25, -0.2) is 4.98 Å². The first kappa shape index (κ1) is 15.3. The number of hydrogen-bond acceptors (Lipinski definition) is 4. The summed E-state index contributed by atoms with van der Waals surface area (Å²) in [6, 6.07) is 7.68. The van der Waals surface area contributed by atoms with Crippen LogP contribution in [0.5, 0.6) is 0 Å². The van der Waals surface area contributed by atoms with Crippen molar-refractivity contribution >= 4 is 17.8 Å². The molecule has 5 heteroatoms.